The van der Waals surface area contributed by atoms with Gasteiger partial charge < -0.3 is 4.57 Å². The van der Waals surface area contributed by atoms with Crippen LogP contribution in [0.25, 0.3) is 16.9 Å². The van der Waals surface area contributed by atoms with Crippen molar-refractivity contribution in [3.63, 3.8) is 0 Å². The van der Waals surface area contributed by atoms with E-state index in [0.29, 0.717) is 29.1 Å². The predicted molar refractivity (Wildman–Crippen MR) is 92.8 cm³/mol. The lowest BCUT2D eigenvalue weighted by Crippen LogP contribution is -2.37. The quantitative estimate of drug-likeness (QED) is 0.545. The minimum Gasteiger partial charge on any atom is -0.319 e. The van der Waals surface area contributed by atoms with E-state index in [4.69, 9.17) is 0 Å². The Morgan fingerprint density at radius 3 is 2.69 bits per heavy atom. The molecule has 0 radical (unpaired) electrons. The van der Waals surface area contributed by atoms with Gasteiger partial charge >= 0.3 is 5.69 Å². The van der Waals surface area contributed by atoms with Gasteiger partial charge in [0.1, 0.15) is 5.82 Å². The van der Waals surface area contributed by atoms with E-state index in [1.807, 2.05) is 0 Å². The molecular formula is C17H15FN6O2. The molecule has 0 fully saturated rings. The van der Waals surface area contributed by atoms with E-state index in [1.165, 1.54) is 30.1 Å². The van der Waals surface area contributed by atoms with E-state index in [1.54, 1.807) is 40.7 Å². The highest BCUT2D eigenvalue weighted by atomic mass is 19.1. The molecule has 3 heterocycles. The molecule has 0 amide bonds. The van der Waals surface area contributed by atoms with Crippen molar-refractivity contribution in [3.8, 4) is 5.69 Å². The molecule has 8 nitrogen and oxygen atoms in total. The Hall–Kier alpha value is -3.49. The summed E-state index contributed by atoms with van der Waals surface area (Å²) in [6.45, 7) is 0.298. The summed E-state index contributed by atoms with van der Waals surface area (Å²) in [6.07, 6.45) is 3.23. The van der Waals surface area contributed by atoms with Gasteiger partial charge in [-0.3, -0.25) is 13.9 Å². The minimum atomic E-state index is -0.428. The number of imidazole rings is 1. The van der Waals surface area contributed by atoms with Gasteiger partial charge in [0.05, 0.1) is 24.3 Å². The van der Waals surface area contributed by atoms with Crippen molar-refractivity contribution in [1.29, 1.82) is 0 Å². The van der Waals surface area contributed by atoms with Crippen LogP contribution in [0, 0.1) is 5.82 Å². The van der Waals surface area contributed by atoms with Crippen LogP contribution in [0.15, 0.2) is 52.4 Å². The Balaban J connectivity index is 1.75. The van der Waals surface area contributed by atoms with Gasteiger partial charge in [-0.25, -0.2) is 18.9 Å². The number of rotatable bonds is 3. The maximum Gasteiger partial charge on any atom is 0.332 e. The van der Waals surface area contributed by atoms with Crippen molar-refractivity contribution < 1.29 is 4.39 Å². The first-order valence-electron chi connectivity index (χ1n) is 7.87. The molecule has 0 N–H and O–H groups in total. The average molecular weight is 354 g/mol. The maximum absolute atomic E-state index is 13.4. The average Bonchev–Trinajstić information content (AvgIpc) is 3.26. The van der Waals surface area contributed by atoms with Crippen LogP contribution in [0.3, 0.4) is 0 Å². The number of nitrogens with zero attached hydrogens (tertiary/aromatic N) is 6. The molecule has 0 spiro atoms. The van der Waals surface area contributed by atoms with Gasteiger partial charge in [-0.15, -0.1) is 0 Å². The van der Waals surface area contributed by atoms with Gasteiger partial charge in [0.15, 0.2) is 11.2 Å². The summed E-state index contributed by atoms with van der Waals surface area (Å²) in [4.78, 5) is 28.6. The zero-order chi connectivity index (χ0) is 18.4. The molecule has 0 aliphatic heterocycles. The van der Waals surface area contributed by atoms with Crippen molar-refractivity contribution in [2.75, 3.05) is 0 Å². The summed E-state index contributed by atoms with van der Waals surface area (Å²) < 4.78 is 19.0. The fourth-order valence-corrected chi connectivity index (χ4v) is 2.90. The van der Waals surface area contributed by atoms with Gasteiger partial charge in [-0.05, 0) is 24.3 Å². The summed E-state index contributed by atoms with van der Waals surface area (Å²) in [7, 11) is 3.00. The third-order valence-corrected chi connectivity index (χ3v) is 4.27. The smallest absolute Gasteiger partial charge is 0.319 e. The molecule has 0 saturated heterocycles. The molecular weight excluding hydrogens is 339 g/mol. The number of hydrogen-bond donors (Lipinski definition) is 0. The van der Waals surface area contributed by atoms with Crippen LogP contribution in [-0.4, -0.2) is 28.5 Å². The van der Waals surface area contributed by atoms with Gasteiger partial charge in [0.2, 0.25) is 0 Å². The Bertz CT molecular complexity index is 1250. The summed E-state index contributed by atoms with van der Waals surface area (Å²) in [5.74, 6) is -0.343. The monoisotopic (exact) mass is 354 g/mol. The molecule has 0 atom stereocenters. The standard InChI is InChI=1S/C17H15FN6O2/c1-21-15-14(16(25)22(2)17(21)26)23(10-19-15)9-12-6-7-24(20-12)13-5-3-4-11(18)8-13/h3-8,10H,9H2,1-2H3. The molecule has 0 aliphatic rings. The molecule has 132 valence electrons. The molecule has 4 aromatic rings. The van der Waals surface area contributed by atoms with E-state index in [9.17, 15) is 14.0 Å². The maximum atomic E-state index is 13.4. The van der Waals surface area contributed by atoms with Gasteiger partial charge in [-0.2, -0.15) is 5.10 Å². The molecule has 1 aromatic carbocycles. The molecule has 3 aromatic heterocycles. The molecule has 0 unspecified atom stereocenters. The number of fused-ring (bicyclic) bond motifs is 1. The van der Waals surface area contributed by atoms with Crippen LogP contribution in [0.4, 0.5) is 4.39 Å². The summed E-state index contributed by atoms with van der Waals surface area (Å²) >= 11 is 0. The Morgan fingerprint density at radius 1 is 1.12 bits per heavy atom. The fourth-order valence-electron chi connectivity index (χ4n) is 2.90. The lowest BCUT2D eigenvalue weighted by atomic mass is 10.3. The van der Waals surface area contributed by atoms with E-state index < -0.39 is 11.2 Å². The zero-order valence-corrected chi connectivity index (χ0v) is 14.1. The number of aryl methyl sites for hydroxylation is 1. The highest BCUT2D eigenvalue weighted by Gasteiger charge is 2.15. The molecule has 26 heavy (non-hydrogen) atoms. The highest BCUT2D eigenvalue weighted by molar-refractivity contribution is 5.70. The predicted octanol–water partition coefficient (Wildman–Crippen LogP) is 0.807. The number of aromatic nitrogens is 6. The molecule has 0 bridgehead atoms. The van der Waals surface area contributed by atoms with E-state index >= 15 is 0 Å². The van der Waals surface area contributed by atoms with E-state index in [2.05, 4.69) is 10.1 Å². The lowest BCUT2D eigenvalue weighted by molar-refractivity contribution is 0.625. The topological polar surface area (TPSA) is 79.6 Å². The third kappa shape index (κ3) is 2.44. The van der Waals surface area contributed by atoms with Crippen molar-refractivity contribution in [2.24, 2.45) is 14.1 Å². The van der Waals surface area contributed by atoms with Crippen LogP contribution in [0.5, 0.6) is 0 Å². The second-order valence-corrected chi connectivity index (χ2v) is 5.98. The summed E-state index contributed by atoms with van der Waals surface area (Å²) in [5.41, 5.74) is 1.08. The molecule has 9 heteroatoms. The van der Waals surface area contributed by atoms with Gasteiger partial charge in [-0.1, -0.05) is 6.07 Å². The third-order valence-electron chi connectivity index (χ3n) is 4.27. The first-order valence-corrected chi connectivity index (χ1v) is 7.87. The van der Waals surface area contributed by atoms with Crippen LogP contribution in [0.1, 0.15) is 5.69 Å². The Kier molecular flexibility index (Phi) is 3.57. The molecule has 0 saturated carbocycles. The number of benzene rings is 1. The Morgan fingerprint density at radius 2 is 1.92 bits per heavy atom. The number of halogens is 1. The van der Waals surface area contributed by atoms with Gasteiger partial charge in [0, 0.05) is 20.3 Å². The summed E-state index contributed by atoms with van der Waals surface area (Å²) in [5, 5.41) is 4.42. The SMILES string of the molecule is Cn1c(=O)c2c(ncn2Cc2ccn(-c3cccc(F)c3)n2)n(C)c1=O. The zero-order valence-electron chi connectivity index (χ0n) is 14.1. The van der Waals surface area contributed by atoms with Crippen LogP contribution in [-0.2, 0) is 20.6 Å². The van der Waals surface area contributed by atoms with Gasteiger partial charge in [0.25, 0.3) is 5.56 Å². The highest BCUT2D eigenvalue weighted by Crippen LogP contribution is 2.12. The van der Waals surface area contributed by atoms with E-state index in [-0.39, 0.29) is 5.82 Å². The second kappa shape index (κ2) is 5.80. The lowest BCUT2D eigenvalue weighted by Gasteiger charge is -2.05. The van der Waals surface area contributed by atoms with Crippen LogP contribution >= 0.6 is 0 Å². The molecule has 0 aliphatic carbocycles. The first-order chi connectivity index (χ1) is 12.5. The number of hydrogen-bond acceptors (Lipinski definition) is 4. The van der Waals surface area contributed by atoms with Crippen LogP contribution in [0.2, 0.25) is 0 Å². The minimum absolute atomic E-state index is 0.298. The normalized spacial score (nSPS) is 11.3. The van der Waals surface area contributed by atoms with Crippen molar-refractivity contribution in [3.05, 3.63) is 75.2 Å². The second-order valence-electron chi connectivity index (χ2n) is 5.98. The Labute approximate surface area is 146 Å². The van der Waals surface area contributed by atoms with Crippen molar-refractivity contribution >= 4 is 11.2 Å². The van der Waals surface area contributed by atoms with Crippen molar-refractivity contribution in [2.45, 2.75) is 6.54 Å². The van der Waals surface area contributed by atoms with E-state index in [0.717, 1.165) is 4.57 Å². The first kappa shape index (κ1) is 16.0. The fraction of sp³-hybridized carbons (Fsp3) is 0.176. The molecule has 4 rings (SSSR count). The largest absolute Gasteiger partial charge is 0.332 e. The van der Waals surface area contributed by atoms with Crippen molar-refractivity contribution in [1.82, 2.24) is 28.5 Å². The van der Waals surface area contributed by atoms with Crippen LogP contribution < -0.4 is 11.2 Å². The summed E-state index contributed by atoms with van der Waals surface area (Å²) in [6, 6.07) is 7.89.